The molecule has 2 heterocycles. The molecule has 0 amide bonds. The van der Waals surface area contributed by atoms with Crippen LogP contribution in [0.5, 0.6) is 0 Å². The maximum Gasteiger partial charge on any atom is 0.227 e. The lowest BCUT2D eigenvalue weighted by Gasteiger charge is -2.28. The molecular weight excluding hydrogens is 350 g/mol. The van der Waals surface area contributed by atoms with Crippen molar-refractivity contribution in [1.29, 1.82) is 5.26 Å². The fraction of sp³-hybridized carbons (Fsp3) is 0.227. The molecule has 6 heteroatoms. The van der Waals surface area contributed by atoms with Crippen molar-refractivity contribution in [2.75, 3.05) is 36.5 Å². The molecule has 1 fully saturated rings. The van der Waals surface area contributed by atoms with Crippen molar-refractivity contribution >= 4 is 17.3 Å². The predicted octanol–water partition coefficient (Wildman–Crippen LogP) is 3.90. The van der Waals surface area contributed by atoms with Gasteiger partial charge in [0.05, 0.1) is 30.5 Å². The summed E-state index contributed by atoms with van der Waals surface area (Å²) in [6.45, 7) is 5.30. The summed E-state index contributed by atoms with van der Waals surface area (Å²) in [4.78, 5) is 11.2. The van der Waals surface area contributed by atoms with Gasteiger partial charge < -0.3 is 15.0 Å². The van der Waals surface area contributed by atoms with Gasteiger partial charge in [-0.25, -0.2) is 9.97 Å². The third-order valence-corrected chi connectivity index (χ3v) is 4.81. The quantitative estimate of drug-likeness (QED) is 0.750. The molecule has 1 N–H and O–H groups in total. The number of anilines is 3. The molecule has 0 bridgehead atoms. The van der Waals surface area contributed by atoms with Crippen LogP contribution >= 0.6 is 0 Å². The van der Waals surface area contributed by atoms with Crippen LogP contribution in [-0.2, 0) is 4.74 Å². The van der Waals surface area contributed by atoms with Crippen LogP contribution in [-0.4, -0.2) is 36.3 Å². The Morgan fingerprint density at radius 3 is 2.61 bits per heavy atom. The Labute approximate surface area is 164 Å². The topological polar surface area (TPSA) is 74.1 Å². The molecule has 3 aromatic rings. The average Bonchev–Trinajstić information content (AvgIpc) is 2.75. The van der Waals surface area contributed by atoms with Crippen molar-refractivity contribution in [2.24, 2.45) is 0 Å². The number of morpholine rings is 1. The SMILES string of the molecule is Cc1ccc(-c2ccnc(Nc3ccc(N4CCOCC4)cc3)n2)cc1C#N. The second-order valence-corrected chi connectivity index (χ2v) is 6.68. The lowest BCUT2D eigenvalue weighted by molar-refractivity contribution is 0.122. The first kappa shape index (κ1) is 18.0. The molecular formula is C22H21N5O. The molecule has 6 nitrogen and oxygen atoms in total. The van der Waals surface area contributed by atoms with Crippen LogP contribution in [0.2, 0.25) is 0 Å². The Morgan fingerprint density at radius 2 is 1.86 bits per heavy atom. The number of nitriles is 1. The van der Waals surface area contributed by atoms with E-state index >= 15 is 0 Å². The van der Waals surface area contributed by atoms with E-state index < -0.39 is 0 Å². The molecule has 1 aliphatic heterocycles. The zero-order valence-corrected chi connectivity index (χ0v) is 15.7. The summed E-state index contributed by atoms with van der Waals surface area (Å²) >= 11 is 0. The number of aryl methyl sites for hydroxylation is 1. The van der Waals surface area contributed by atoms with E-state index in [0.29, 0.717) is 11.5 Å². The van der Waals surface area contributed by atoms with Gasteiger partial charge in [-0.1, -0.05) is 12.1 Å². The molecule has 2 aromatic carbocycles. The summed E-state index contributed by atoms with van der Waals surface area (Å²) < 4.78 is 5.40. The maximum atomic E-state index is 9.25. The van der Waals surface area contributed by atoms with E-state index in [1.54, 1.807) is 6.20 Å². The zero-order chi connectivity index (χ0) is 19.3. The maximum absolute atomic E-state index is 9.25. The Balaban J connectivity index is 1.51. The second kappa shape index (κ2) is 8.07. The first-order valence-electron chi connectivity index (χ1n) is 9.27. The first-order chi connectivity index (χ1) is 13.7. The molecule has 0 saturated carbocycles. The molecule has 1 saturated heterocycles. The van der Waals surface area contributed by atoms with Crippen LogP contribution in [0.4, 0.5) is 17.3 Å². The standard InChI is InChI=1S/C22H21N5O/c1-16-2-3-17(14-18(16)15-23)21-8-9-24-22(26-21)25-19-4-6-20(7-5-19)27-10-12-28-13-11-27/h2-9,14H,10-13H2,1H3,(H,24,25,26). The summed E-state index contributed by atoms with van der Waals surface area (Å²) in [5, 5.41) is 12.5. The Morgan fingerprint density at radius 1 is 1.07 bits per heavy atom. The summed E-state index contributed by atoms with van der Waals surface area (Å²) in [5.74, 6) is 0.524. The van der Waals surface area contributed by atoms with Crippen molar-refractivity contribution in [3.63, 3.8) is 0 Å². The zero-order valence-electron chi connectivity index (χ0n) is 15.7. The van der Waals surface area contributed by atoms with Crippen LogP contribution in [0.1, 0.15) is 11.1 Å². The number of hydrogen-bond acceptors (Lipinski definition) is 6. The van der Waals surface area contributed by atoms with Gasteiger partial charge in [0.1, 0.15) is 0 Å². The average molecular weight is 371 g/mol. The number of aromatic nitrogens is 2. The fourth-order valence-corrected chi connectivity index (χ4v) is 3.19. The number of benzene rings is 2. The molecule has 0 atom stereocenters. The smallest absolute Gasteiger partial charge is 0.227 e. The number of nitrogens with zero attached hydrogens (tertiary/aromatic N) is 4. The molecule has 1 aromatic heterocycles. The molecule has 140 valence electrons. The van der Waals surface area contributed by atoms with Crippen LogP contribution in [0.3, 0.4) is 0 Å². The van der Waals surface area contributed by atoms with Crippen LogP contribution in [0.25, 0.3) is 11.3 Å². The highest BCUT2D eigenvalue weighted by molar-refractivity contribution is 5.65. The van der Waals surface area contributed by atoms with Gasteiger partial charge in [0.25, 0.3) is 0 Å². The second-order valence-electron chi connectivity index (χ2n) is 6.68. The van der Waals surface area contributed by atoms with Crippen molar-refractivity contribution in [3.05, 3.63) is 65.9 Å². The molecule has 0 radical (unpaired) electrons. The number of nitrogens with one attached hydrogen (secondary N) is 1. The van der Waals surface area contributed by atoms with Gasteiger partial charge in [0, 0.05) is 36.2 Å². The van der Waals surface area contributed by atoms with Gasteiger partial charge >= 0.3 is 0 Å². The number of rotatable bonds is 4. The number of hydrogen-bond donors (Lipinski definition) is 1. The fourth-order valence-electron chi connectivity index (χ4n) is 3.19. The van der Waals surface area contributed by atoms with E-state index in [2.05, 4.69) is 38.4 Å². The Kier molecular flexibility index (Phi) is 5.18. The molecule has 0 spiro atoms. The first-order valence-corrected chi connectivity index (χ1v) is 9.27. The van der Waals surface area contributed by atoms with E-state index in [-0.39, 0.29) is 0 Å². The highest BCUT2D eigenvalue weighted by Crippen LogP contribution is 2.23. The van der Waals surface area contributed by atoms with Gasteiger partial charge in [-0.2, -0.15) is 5.26 Å². The van der Waals surface area contributed by atoms with Crippen LogP contribution in [0, 0.1) is 18.3 Å². The lowest BCUT2D eigenvalue weighted by atomic mass is 10.0. The third-order valence-electron chi connectivity index (χ3n) is 4.81. The van der Waals surface area contributed by atoms with Crippen LogP contribution in [0.15, 0.2) is 54.7 Å². The van der Waals surface area contributed by atoms with Gasteiger partial charge in [-0.3, -0.25) is 0 Å². The van der Waals surface area contributed by atoms with Crippen molar-refractivity contribution in [3.8, 4) is 17.3 Å². The molecule has 0 aliphatic carbocycles. The van der Waals surface area contributed by atoms with Gasteiger partial charge in [0.15, 0.2) is 0 Å². The summed E-state index contributed by atoms with van der Waals surface area (Å²) in [5.41, 5.74) is 5.40. The van der Waals surface area contributed by atoms with Gasteiger partial charge in [0.2, 0.25) is 5.95 Å². The third kappa shape index (κ3) is 3.95. The minimum absolute atomic E-state index is 0.524. The van der Waals surface area contributed by atoms with E-state index in [0.717, 1.165) is 48.8 Å². The summed E-state index contributed by atoms with van der Waals surface area (Å²) in [7, 11) is 0. The summed E-state index contributed by atoms with van der Waals surface area (Å²) in [6, 6.07) is 18.1. The van der Waals surface area contributed by atoms with Crippen molar-refractivity contribution in [2.45, 2.75) is 6.92 Å². The van der Waals surface area contributed by atoms with Crippen molar-refractivity contribution in [1.82, 2.24) is 9.97 Å². The van der Waals surface area contributed by atoms with E-state index in [1.165, 1.54) is 5.69 Å². The predicted molar refractivity (Wildman–Crippen MR) is 110 cm³/mol. The molecule has 28 heavy (non-hydrogen) atoms. The van der Waals surface area contributed by atoms with E-state index in [4.69, 9.17) is 4.74 Å². The Bertz CT molecular complexity index is 1000. The highest BCUT2D eigenvalue weighted by atomic mass is 16.5. The van der Waals surface area contributed by atoms with Gasteiger partial charge in [-0.05, 0) is 48.9 Å². The molecule has 0 unspecified atom stereocenters. The minimum atomic E-state index is 0.524. The highest BCUT2D eigenvalue weighted by Gasteiger charge is 2.11. The number of ether oxygens (including phenoxy) is 1. The van der Waals surface area contributed by atoms with Crippen LogP contribution < -0.4 is 10.2 Å². The summed E-state index contributed by atoms with van der Waals surface area (Å²) in [6.07, 6.45) is 1.72. The normalized spacial score (nSPS) is 13.8. The van der Waals surface area contributed by atoms with Crippen molar-refractivity contribution < 1.29 is 4.74 Å². The van der Waals surface area contributed by atoms with Gasteiger partial charge in [-0.15, -0.1) is 0 Å². The van der Waals surface area contributed by atoms with E-state index in [9.17, 15) is 5.26 Å². The minimum Gasteiger partial charge on any atom is -0.378 e. The largest absolute Gasteiger partial charge is 0.378 e. The lowest BCUT2D eigenvalue weighted by Crippen LogP contribution is -2.36. The van der Waals surface area contributed by atoms with E-state index in [1.807, 2.05) is 43.3 Å². The molecule has 1 aliphatic rings. The monoisotopic (exact) mass is 371 g/mol. The molecule has 4 rings (SSSR count). The Hall–Kier alpha value is -3.43.